The Bertz CT molecular complexity index is 528. The number of non-ortho nitro benzene ring substituents is 1. The fraction of sp³-hybridized carbons (Fsp3) is 0.364. The molecule has 0 aliphatic carbocycles. The van der Waals surface area contributed by atoms with Gasteiger partial charge in [0.15, 0.2) is 0 Å². The van der Waals surface area contributed by atoms with Crippen LogP contribution in [-0.4, -0.2) is 35.3 Å². The van der Waals surface area contributed by atoms with Gasteiger partial charge in [0.05, 0.1) is 33.8 Å². The predicted molar refractivity (Wildman–Crippen MR) is 67.9 cm³/mol. The van der Waals surface area contributed by atoms with Gasteiger partial charge in [0.25, 0.3) is 5.69 Å². The number of carboxylic acid groups (broad SMARTS) is 1. The SMILES string of the molecule is O=C(O)c1cc([N+](=O)[O-])cc(Cl)c1NC1CCOC1. The molecule has 1 aliphatic heterocycles. The smallest absolute Gasteiger partial charge is 0.338 e. The summed E-state index contributed by atoms with van der Waals surface area (Å²) in [5.41, 5.74) is -0.378. The zero-order valence-corrected chi connectivity index (χ0v) is 10.5. The van der Waals surface area contributed by atoms with Gasteiger partial charge < -0.3 is 15.2 Å². The molecule has 2 rings (SSSR count). The summed E-state index contributed by atoms with van der Waals surface area (Å²) < 4.78 is 5.17. The molecule has 102 valence electrons. The van der Waals surface area contributed by atoms with Gasteiger partial charge in [-0.15, -0.1) is 0 Å². The molecule has 19 heavy (non-hydrogen) atoms. The summed E-state index contributed by atoms with van der Waals surface area (Å²) in [7, 11) is 0. The number of anilines is 1. The normalized spacial score (nSPS) is 18.3. The van der Waals surface area contributed by atoms with Gasteiger partial charge in [-0.2, -0.15) is 0 Å². The lowest BCUT2D eigenvalue weighted by Crippen LogP contribution is -2.21. The number of carboxylic acids is 1. The van der Waals surface area contributed by atoms with Crippen LogP contribution in [0.4, 0.5) is 11.4 Å². The maximum Gasteiger partial charge on any atom is 0.338 e. The molecule has 1 unspecified atom stereocenters. The largest absolute Gasteiger partial charge is 0.478 e. The third kappa shape index (κ3) is 2.94. The standard InChI is InChI=1S/C11H11ClN2O5/c12-9-4-7(14(17)18)3-8(11(15)16)10(9)13-6-1-2-19-5-6/h3-4,6,13H,1-2,5H2,(H,15,16). The van der Waals surface area contributed by atoms with Crippen LogP contribution in [0, 0.1) is 10.1 Å². The fourth-order valence-electron chi connectivity index (χ4n) is 1.87. The Morgan fingerprint density at radius 2 is 2.32 bits per heavy atom. The third-order valence-electron chi connectivity index (χ3n) is 2.79. The molecule has 1 aromatic carbocycles. The summed E-state index contributed by atoms with van der Waals surface area (Å²) in [4.78, 5) is 21.2. The summed E-state index contributed by atoms with van der Waals surface area (Å²) in [6.07, 6.45) is 0.729. The van der Waals surface area contributed by atoms with E-state index in [1.165, 1.54) is 0 Å². The number of hydrogen-bond donors (Lipinski definition) is 2. The minimum Gasteiger partial charge on any atom is -0.478 e. The molecule has 1 aliphatic rings. The molecule has 0 aromatic heterocycles. The minimum atomic E-state index is -1.27. The van der Waals surface area contributed by atoms with Crippen molar-refractivity contribution in [3.05, 3.63) is 32.8 Å². The van der Waals surface area contributed by atoms with E-state index in [-0.39, 0.29) is 28.0 Å². The quantitative estimate of drug-likeness (QED) is 0.649. The lowest BCUT2D eigenvalue weighted by Gasteiger charge is -2.15. The molecule has 1 saturated heterocycles. The first-order valence-corrected chi connectivity index (χ1v) is 5.92. The average molecular weight is 287 g/mol. The van der Waals surface area contributed by atoms with E-state index >= 15 is 0 Å². The Morgan fingerprint density at radius 3 is 2.84 bits per heavy atom. The second kappa shape index (κ2) is 5.41. The average Bonchev–Trinajstić information content (AvgIpc) is 2.83. The number of carbonyl (C=O) groups is 1. The highest BCUT2D eigenvalue weighted by atomic mass is 35.5. The van der Waals surface area contributed by atoms with Gasteiger partial charge in [-0.05, 0) is 6.42 Å². The lowest BCUT2D eigenvalue weighted by atomic mass is 10.1. The third-order valence-corrected chi connectivity index (χ3v) is 3.09. The molecule has 0 amide bonds. The summed E-state index contributed by atoms with van der Waals surface area (Å²) in [5.74, 6) is -1.27. The molecule has 2 N–H and O–H groups in total. The second-order valence-corrected chi connectivity index (χ2v) is 4.52. The Balaban J connectivity index is 2.39. The molecule has 1 fully saturated rings. The molecule has 1 heterocycles. The predicted octanol–water partition coefficient (Wildman–Crippen LogP) is 2.15. The molecule has 0 bridgehead atoms. The molecule has 0 saturated carbocycles. The summed E-state index contributed by atoms with van der Waals surface area (Å²) >= 11 is 5.93. The second-order valence-electron chi connectivity index (χ2n) is 4.12. The van der Waals surface area contributed by atoms with Crippen LogP contribution >= 0.6 is 11.6 Å². The van der Waals surface area contributed by atoms with Crippen molar-refractivity contribution in [1.82, 2.24) is 0 Å². The number of nitrogens with zero attached hydrogens (tertiary/aromatic N) is 1. The summed E-state index contributed by atoms with van der Waals surface area (Å²) in [6, 6.07) is 2.08. The monoisotopic (exact) mass is 286 g/mol. The van der Waals surface area contributed by atoms with Crippen molar-refractivity contribution in [3.8, 4) is 0 Å². The van der Waals surface area contributed by atoms with Gasteiger partial charge in [-0.3, -0.25) is 10.1 Å². The van der Waals surface area contributed by atoms with Crippen LogP contribution in [0.3, 0.4) is 0 Å². The molecular formula is C11H11ClN2O5. The first-order valence-electron chi connectivity index (χ1n) is 5.54. The van der Waals surface area contributed by atoms with Crippen LogP contribution in [-0.2, 0) is 4.74 Å². The van der Waals surface area contributed by atoms with Crippen molar-refractivity contribution in [2.45, 2.75) is 12.5 Å². The van der Waals surface area contributed by atoms with E-state index in [9.17, 15) is 14.9 Å². The number of aromatic carboxylic acids is 1. The van der Waals surface area contributed by atoms with E-state index in [1.807, 2.05) is 0 Å². The van der Waals surface area contributed by atoms with E-state index in [2.05, 4.69) is 5.32 Å². The highest BCUT2D eigenvalue weighted by Crippen LogP contribution is 2.32. The van der Waals surface area contributed by atoms with Crippen molar-refractivity contribution in [1.29, 1.82) is 0 Å². The Morgan fingerprint density at radius 1 is 1.58 bits per heavy atom. The maximum absolute atomic E-state index is 11.2. The minimum absolute atomic E-state index is 0.0125. The molecule has 0 radical (unpaired) electrons. The van der Waals surface area contributed by atoms with Crippen molar-refractivity contribution >= 4 is 28.9 Å². The first kappa shape index (κ1) is 13.6. The number of nitro benzene ring substituents is 1. The molecule has 1 atom stereocenters. The zero-order valence-electron chi connectivity index (χ0n) is 9.76. The van der Waals surface area contributed by atoms with E-state index in [0.29, 0.717) is 13.2 Å². The highest BCUT2D eigenvalue weighted by molar-refractivity contribution is 6.34. The van der Waals surface area contributed by atoms with Gasteiger partial charge in [0.2, 0.25) is 0 Å². The first-order chi connectivity index (χ1) is 8.99. The number of rotatable bonds is 4. The number of nitrogens with one attached hydrogen (secondary N) is 1. The number of nitro groups is 1. The Kier molecular flexibility index (Phi) is 3.87. The van der Waals surface area contributed by atoms with Crippen molar-refractivity contribution in [3.63, 3.8) is 0 Å². The van der Waals surface area contributed by atoms with Crippen LogP contribution in [0.1, 0.15) is 16.8 Å². The van der Waals surface area contributed by atoms with Crippen LogP contribution < -0.4 is 5.32 Å². The summed E-state index contributed by atoms with van der Waals surface area (Å²) in [6.45, 7) is 1.04. The van der Waals surface area contributed by atoms with E-state index in [0.717, 1.165) is 18.6 Å². The van der Waals surface area contributed by atoms with Gasteiger partial charge in [0, 0.05) is 18.7 Å². The number of ether oxygens (including phenoxy) is 1. The zero-order chi connectivity index (χ0) is 14.0. The van der Waals surface area contributed by atoms with Crippen molar-refractivity contribution in [2.24, 2.45) is 0 Å². The molecule has 1 aromatic rings. The van der Waals surface area contributed by atoms with Gasteiger partial charge in [0.1, 0.15) is 0 Å². The summed E-state index contributed by atoms with van der Waals surface area (Å²) in [5, 5.41) is 22.8. The Hall–Kier alpha value is -1.86. The number of halogens is 1. The number of benzene rings is 1. The Labute approximate surface area is 113 Å². The lowest BCUT2D eigenvalue weighted by molar-refractivity contribution is -0.384. The van der Waals surface area contributed by atoms with Gasteiger partial charge in [-0.1, -0.05) is 11.6 Å². The van der Waals surface area contributed by atoms with E-state index < -0.39 is 10.9 Å². The number of hydrogen-bond acceptors (Lipinski definition) is 5. The van der Waals surface area contributed by atoms with Crippen LogP contribution in [0.2, 0.25) is 5.02 Å². The topological polar surface area (TPSA) is 102 Å². The maximum atomic E-state index is 11.2. The fourth-order valence-corrected chi connectivity index (χ4v) is 2.13. The highest BCUT2D eigenvalue weighted by Gasteiger charge is 2.23. The molecule has 8 heteroatoms. The van der Waals surface area contributed by atoms with Crippen molar-refractivity contribution in [2.75, 3.05) is 18.5 Å². The molecule has 7 nitrogen and oxygen atoms in total. The van der Waals surface area contributed by atoms with Gasteiger partial charge >= 0.3 is 5.97 Å². The van der Waals surface area contributed by atoms with Crippen molar-refractivity contribution < 1.29 is 19.6 Å². The van der Waals surface area contributed by atoms with E-state index in [1.54, 1.807) is 0 Å². The van der Waals surface area contributed by atoms with Crippen LogP contribution in [0.25, 0.3) is 0 Å². The van der Waals surface area contributed by atoms with Crippen LogP contribution in [0.15, 0.2) is 12.1 Å². The molecular weight excluding hydrogens is 276 g/mol. The van der Waals surface area contributed by atoms with E-state index in [4.69, 9.17) is 21.4 Å². The van der Waals surface area contributed by atoms with Crippen LogP contribution in [0.5, 0.6) is 0 Å². The molecule has 0 spiro atoms. The van der Waals surface area contributed by atoms with Gasteiger partial charge in [-0.25, -0.2) is 4.79 Å².